The minimum atomic E-state index is -3.87. The van der Waals surface area contributed by atoms with Crippen molar-refractivity contribution < 1.29 is 22.7 Å². The van der Waals surface area contributed by atoms with E-state index in [2.05, 4.69) is 4.72 Å². The van der Waals surface area contributed by atoms with E-state index in [0.717, 1.165) is 11.3 Å². The van der Waals surface area contributed by atoms with Gasteiger partial charge in [0.15, 0.2) is 0 Å². The Morgan fingerprint density at radius 1 is 1.45 bits per heavy atom. The number of thiophene rings is 1. The summed E-state index contributed by atoms with van der Waals surface area (Å²) in [6.07, 6.45) is 0.748. The Balaban J connectivity index is 2.02. The lowest BCUT2D eigenvalue weighted by atomic mass is 10.2. The van der Waals surface area contributed by atoms with Crippen LogP contribution in [0.25, 0.3) is 10.1 Å². The summed E-state index contributed by atoms with van der Waals surface area (Å²) in [6, 6.07) is 4.49. The average Bonchev–Trinajstić information content (AvgIpc) is 3.01. The molecule has 1 aromatic carbocycles. The highest BCUT2D eigenvalue weighted by Gasteiger charge is 2.48. The molecule has 1 heterocycles. The second kappa shape index (κ2) is 5.00. The van der Waals surface area contributed by atoms with E-state index in [4.69, 9.17) is 5.11 Å². The van der Waals surface area contributed by atoms with E-state index < -0.39 is 27.3 Å². The summed E-state index contributed by atoms with van der Waals surface area (Å²) in [7, 11) is -3.87. The molecule has 1 saturated carbocycles. The topological polar surface area (TPSA) is 83.5 Å². The van der Waals surface area contributed by atoms with E-state index in [9.17, 15) is 17.6 Å². The molecule has 0 unspecified atom stereocenters. The summed E-state index contributed by atoms with van der Waals surface area (Å²) in [5, 5.41) is 9.18. The van der Waals surface area contributed by atoms with Crippen LogP contribution in [0.1, 0.15) is 24.8 Å². The molecule has 118 valence electrons. The Morgan fingerprint density at radius 2 is 2.14 bits per heavy atom. The van der Waals surface area contributed by atoms with Crippen LogP contribution in [0.3, 0.4) is 0 Å². The van der Waals surface area contributed by atoms with Crippen molar-refractivity contribution in [3.8, 4) is 0 Å². The lowest BCUT2D eigenvalue weighted by molar-refractivity contribution is -0.137. The number of halogens is 1. The Morgan fingerprint density at radius 3 is 2.68 bits per heavy atom. The van der Waals surface area contributed by atoms with Gasteiger partial charge in [-0.05, 0) is 37.5 Å². The van der Waals surface area contributed by atoms with Gasteiger partial charge in [0.05, 0.1) is 6.42 Å². The summed E-state index contributed by atoms with van der Waals surface area (Å²) in [5.41, 5.74) is -0.539. The van der Waals surface area contributed by atoms with Gasteiger partial charge in [-0.2, -0.15) is 0 Å². The number of hydrogen-bond donors (Lipinski definition) is 2. The number of rotatable bonds is 5. The zero-order valence-electron chi connectivity index (χ0n) is 11.7. The van der Waals surface area contributed by atoms with Crippen LogP contribution in [0.4, 0.5) is 4.39 Å². The van der Waals surface area contributed by atoms with Crippen molar-refractivity contribution in [2.24, 2.45) is 0 Å². The number of carboxylic acids is 1. The second-order valence-corrected chi connectivity index (χ2v) is 8.51. The van der Waals surface area contributed by atoms with Crippen LogP contribution in [0.2, 0.25) is 0 Å². The second-order valence-electron chi connectivity index (χ2n) is 5.58. The Bertz CT molecular complexity index is 868. The number of sulfonamides is 1. The maximum absolute atomic E-state index is 13.9. The predicted octanol–water partition coefficient (Wildman–Crippen LogP) is 2.63. The minimum Gasteiger partial charge on any atom is -0.481 e. The molecule has 0 radical (unpaired) electrons. The van der Waals surface area contributed by atoms with Gasteiger partial charge in [0, 0.05) is 15.6 Å². The van der Waals surface area contributed by atoms with Crippen molar-refractivity contribution in [2.45, 2.75) is 35.9 Å². The van der Waals surface area contributed by atoms with Gasteiger partial charge in [0.25, 0.3) is 10.0 Å². The molecule has 1 aromatic heterocycles. The monoisotopic (exact) mass is 343 g/mol. The number of nitrogens with one attached hydrogen (secondary N) is 1. The highest BCUT2D eigenvalue weighted by Crippen LogP contribution is 2.42. The highest BCUT2D eigenvalue weighted by atomic mass is 32.2. The maximum Gasteiger partial charge on any atom is 0.305 e. The summed E-state index contributed by atoms with van der Waals surface area (Å²) < 4.78 is 42.1. The standard InChI is InChI=1S/C14H14FNO4S2/c1-8-12-9(15)3-2-4-10(12)21-13(8)22(19,20)16-14(5-6-14)7-11(17)18/h2-4,16H,5-7H2,1H3,(H,17,18). The fourth-order valence-corrected chi connectivity index (χ4v) is 5.81. The molecule has 0 atom stereocenters. The average molecular weight is 343 g/mol. The molecule has 0 aliphatic heterocycles. The normalized spacial score (nSPS) is 16.8. The van der Waals surface area contributed by atoms with Gasteiger partial charge < -0.3 is 5.11 Å². The zero-order valence-corrected chi connectivity index (χ0v) is 13.4. The molecule has 5 nitrogen and oxygen atoms in total. The van der Waals surface area contributed by atoms with Gasteiger partial charge >= 0.3 is 5.97 Å². The molecule has 2 N–H and O–H groups in total. The van der Waals surface area contributed by atoms with Crippen LogP contribution >= 0.6 is 11.3 Å². The predicted molar refractivity (Wildman–Crippen MR) is 81.1 cm³/mol. The molecule has 0 amide bonds. The number of carbonyl (C=O) groups is 1. The van der Waals surface area contributed by atoms with Crippen molar-refractivity contribution in [1.29, 1.82) is 0 Å². The maximum atomic E-state index is 13.9. The lowest BCUT2D eigenvalue weighted by Crippen LogP contribution is -2.38. The molecule has 8 heteroatoms. The first-order valence-corrected chi connectivity index (χ1v) is 8.97. The first kappa shape index (κ1) is 15.4. The van der Waals surface area contributed by atoms with E-state index in [1.807, 2.05) is 0 Å². The molecular formula is C14H14FNO4S2. The SMILES string of the molecule is Cc1c(S(=O)(=O)NC2(CC(=O)O)CC2)sc2cccc(F)c12. The Labute approximate surface area is 130 Å². The van der Waals surface area contributed by atoms with Gasteiger partial charge in [-0.15, -0.1) is 11.3 Å². The molecule has 1 aliphatic carbocycles. The number of fused-ring (bicyclic) bond motifs is 1. The van der Waals surface area contributed by atoms with Crippen molar-refractivity contribution in [2.75, 3.05) is 0 Å². The highest BCUT2D eigenvalue weighted by molar-refractivity contribution is 7.91. The molecule has 3 rings (SSSR count). The fraction of sp³-hybridized carbons (Fsp3) is 0.357. The zero-order chi connectivity index (χ0) is 16.1. The molecule has 1 aliphatic rings. The lowest BCUT2D eigenvalue weighted by Gasteiger charge is -2.14. The van der Waals surface area contributed by atoms with Crippen LogP contribution in [-0.4, -0.2) is 25.0 Å². The summed E-state index contributed by atoms with van der Waals surface area (Å²) in [5.74, 6) is -1.50. The summed E-state index contributed by atoms with van der Waals surface area (Å²) in [4.78, 5) is 10.8. The Hall–Kier alpha value is -1.51. The molecule has 22 heavy (non-hydrogen) atoms. The quantitative estimate of drug-likeness (QED) is 0.874. The van der Waals surface area contributed by atoms with Crippen molar-refractivity contribution in [3.05, 3.63) is 29.6 Å². The fourth-order valence-electron chi connectivity index (χ4n) is 2.57. The van der Waals surface area contributed by atoms with E-state index in [0.29, 0.717) is 28.5 Å². The van der Waals surface area contributed by atoms with Crippen LogP contribution in [0, 0.1) is 12.7 Å². The van der Waals surface area contributed by atoms with Crippen LogP contribution in [-0.2, 0) is 14.8 Å². The molecule has 0 spiro atoms. The van der Waals surface area contributed by atoms with Crippen LogP contribution < -0.4 is 4.72 Å². The van der Waals surface area contributed by atoms with Gasteiger partial charge in [0.2, 0.25) is 0 Å². The van der Waals surface area contributed by atoms with Gasteiger partial charge in [-0.25, -0.2) is 17.5 Å². The van der Waals surface area contributed by atoms with Gasteiger partial charge in [-0.1, -0.05) is 6.07 Å². The first-order valence-electron chi connectivity index (χ1n) is 6.67. The minimum absolute atomic E-state index is 0.0456. The molecule has 0 bridgehead atoms. The third-order valence-corrected chi connectivity index (χ3v) is 7.25. The molecular weight excluding hydrogens is 329 g/mol. The van der Waals surface area contributed by atoms with Crippen molar-refractivity contribution in [1.82, 2.24) is 4.72 Å². The third-order valence-electron chi connectivity index (χ3n) is 3.80. The van der Waals surface area contributed by atoms with Crippen molar-refractivity contribution >= 4 is 37.4 Å². The number of benzene rings is 1. The Kier molecular flexibility index (Phi) is 3.50. The van der Waals surface area contributed by atoms with Gasteiger partial charge in [-0.3, -0.25) is 4.79 Å². The first-order chi connectivity index (χ1) is 10.2. The molecule has 0 saturated heterocycles. The van der Waals surface area contributed by atoms with E-state index in [-0.39, 0.29) is 10.6 Å². The van der Waals surface area contributed by atoms with E-state index in [1.54, 1.807) is 13.0 Å². The van der Waals surface area contributed by atoms with E-state index in [1.165, 1.54) is 12.1 Å². The number of carboxylic acid groups (broad SMARTS) is 1. The third kappa shape index (κ3) is 2.62. The summed E-state index contributed by atoms with van der Waals surface area (Å²) >= 11 is 0.994. The number of aryl methyl sites for hydroxylation is 1. The molecule has 2 aromatic rings. The van der Waals surface area contributed by atoms with E-state index >= 15 is 0 Å². The summed E-state index contributed by atoms with van der Waals surface area (Å²) in [6.45, 7) is 1.56. The van der Waals surface area contributed by atoms with Crippen LogP contribution in [0.15, 0.2) is 22.4 Å². The number of hydrogen-bond acceptors (Lipinski definition) is 4. The largest absolute Gasteiger partial charge is 0.481 e. The smallest absolute Gasteiger partial charge is 0.305 e. The molecule has 1 fully saturated rings. The number of aliphatic carboxylic acids is 1. The van der Waals surface area contributed by atoms with Crippen molar-refractivity contribution in [3.63, 3.8) is 0 Å². The van der Waals surface area contributed by atoms with Crippen LogP contribution in [0.5, 0.6) is 0 Å². The van der Waals surface area contributed by atoms with Gasteiger partial charge in [0.1, 0.15) is 10.0 Å².